The first kappa shape index (κ1) is 11.3. The molecule has 0 rings (SSSR count). The summed E-state index contributed by atoms with van der Waals surface area (Å²) in [5, 5.41) is 0. The van der Waals surface area contributed by atoms with Gasteiger partial charge in [-0.05, 0) is 12.6 Å². The van der Waals surface area contributed by atoms with Crippen LogP contribution in [0.1, 0.15) is 6.92 Å². The van der Waals surface area contributed by atoms with Gasteiger partial charge in [0.1, 0.15) is 0 Å². The molecule has 0 saturated carbocycles. The molecule has 0 unspecified atom stereocenters. The van der Waals surface area contributed by atoms with Crippen molar-refractivity contribution in [1.82, 2.24) is 5.64 Å². The second-order valence-corrected chi connectivity index (χ2v) is 3.00. The van der Waals surface area contributed by atoms with Crippen LogP contribution in [0.5, 0.6) is 0 Å². The van der Waals surface area contributed by atoms with Gasteiger partial charge in [-0.2, -0.15) is 4.62 Å². The fourth-order valence-corrected chi connectivity index (χ4v) is 0.327. The van der Waals surface area contributed by atoms with E-state index in [0.29, 0.717) is 0 Å². The molecule has 0 saturated heterocycles. The van der Waals surface area contributed by atoms with E-state index in [-0.39, 0.29) is 5.57 Å². The molecule has 0 radical (unpaired) electrons. The Morgan fingerprint density at radius 3 is 2.42 bits per heavy atom. The molecule has 70 valence electrons. The largest absolute Gasteiger partial charge is 0.488 e. The minimum Gasteiger partial charge on any atom is -0.340 e. The molecule has 0 aromatic heterocycles. The van der Waals surface area contributed by atoms with Crippen molar-refractivity contribution in [2.75, 3.05) is 0 Å². The molecule has 0 aromatic carbocycles. The van der Waals surface area contributed by atoms with Crippen LogP contribution >= 0.6 is 7.82 Å². The van der Waals surface area contributed by atoms with Gasteiger partial charge in [-0.1, -0.05) is 6.58 Å². The van der Waals surface area contributed by atoms with Gasteiger partial charge in [-0.15, -0.1) is 0 Å². The second kappa shape index (κ2) is 4.34. The maximum Gasteiger partial charge on any atom is 0.488 e. The van der Waals surface area contributed by atoms with Crippen LogP contribution in [-0.4, -0.2) is 15.8 Å². The van der Waals surface area contributed by atoms with Gasteiger partial charge in [0.15, 0.2) is 0 Å². The highest BCUT2D eigenvalue weighted by Crippen LogP contribution is 2.33. The second-order valence-electron chi connectivity index (χ2n) is 1.84. The minimum absolute atomic E-state index is 0.0665. The molecular formula is C4H8NO6P. The third kappa shape index (κ3) is 6.02. The smallest absolute Gasteiger partial charge is 0.340 e. The highest BCUT2D eigenvalue weighted by atomic mass is 31.2. The molecule has 0 bridgehead atoms. The van der Waals surface area contributed by atoms with Gasteiger partial charge in [-0.3, -0.25) is 0 Å². The van der Waals surface area contributed by atoms with Crippen LogP contribution in [0.25, 0.3) is 0 Å². The fraction of sp³-hybridized carbons (Fsp3) is 0.250. The lowest BCUT2D eigenvalue weighted by Crippen LogP contribution is -2.19. The third-order valence-corrected chi connectivity index (χ3v) is 0.951. The third-order valence-electron chi connectivity index (χ3n) is 0.639. The first-order valence-corrected chi connectivity index (χ1v) is 4.22. The lowest BCUT2D eigenvalue weighted by Gasteiger charge is -2.05. The van der Waals surface area contributed by atoms with Crippen LogP contribution in [0.2, 0.25) is 0 Å². The van der Waals surface area contributed by atoms with Gasteiger partial charge in [-0.25, -0.2) is 9.36 Å². The summed E-state index contributed by atoms with van der Waals surface area (Å²) >= 11 is 0. The Bertz CT molecular complexity index is 232. The lowest BCUT2D eigenvalue weighted by atomic mass is 10.4. The number of carbonyl (C=O) groups is 1. The van der Waals surface area contributed by atoms with Crippen molar-refractivity contribution in [3.05, 3.63) is 12.2 Å². The van der Waals surface area contributed by atoms with E-state index in [2.05, 4.69) is 16.0 Å². The van der Waals surface area contributed by atoms with Crippen molar-refractivity contribution in [2.24, 2.45) is 0 Å². The lowest BCUT2D eigenvalue weighted by molar-refractivity contribution is -0.168. The molecule has 0 atom stereocenters. The minimum atomic E-state index is -4.67. The molecule has 0 aliphatic carbocycles. The molecule has 8 heteroatoms. The van der Waals surface area contributed by atoms with Gasteiger partial charge in [0.2, 0.25) is 0 Å². The van der Waals surface area contributed by atoms with Gasteiger partial charge < -0.3 is 14.6 Å². The van der Waals surface area contributed by atoms with E-state index in [1.165, 1.54) is 12.6 Å². The first-order chi connectivity index (χ1) is 5.33. The van der Waals surface area contributed by atoms with E-state index in [1.807, 2.05) is 0 Å². The first-order valence-electron chi connectivity index (χ1n) is 2.69. The Hall–Kier alpha value is -0.720. The Labute approximate surface area is 68.1 Å². The summed E-state index contributed by atoms with van der Waals surface area (Å²) in [7, 11) is -4.67. The molecule has 0 fully saturated rings. The predicted molar refractivity (Wildman–Crippen MR) is 37.2 cm³/mol. The number of hydrogen-bond acceptors (Lipinski definition) is 5. The van der Waals surface area contributed by atoms with E-state index in [4.69, 9.17) is 9.79 Å². The summed E-state index contributed by atoms with van der Waals surface area (Å²) in [6.45, 7) is 4.57. The van der Waals surface area contributed by atoms with Gasteiger partial charge >= 0.3 is 13.8 Å². The molecule has 0 aromatic rings. The van der Waals surface area contributed by atoms with Crippen molar-refractivity contribution >= 4 is 13.8 Å². The number of carbonyl (C=O) groups excluding carboxylic acids is 1. The summed E-state index contributed by atoms with van der Waals surface area (Å²) in [4.78, 5) is 30.7. The zero-order chi connectivity index (χ0) is 9.78. The number of hydrogen-bond donors (Lipinski definition) is 3. The normalized spacial score (nSPS) is 10.9. The Morgan fingerprint density at radius 2 is 2.08 bits per heavy atom. The van der Waals surface area contributed by atoms with Gasteiger partial charge in [0.05, 0.1) is 0 Å². The highest BCUT2D eigenvalue weighted by Gasteiger charge is 2.15. The van der Waals surface area contributed by atoms with Crippen LogP contribution in [-0.2, 0) is 18.8 Å². The van der Waals surface area contributed by atoms with Gasteiger partial charge in [0.25, 0.3) is 0 Å². The van der Waals surface area contributed by atoms with Crippen molar-refractivity contribution in [3.8, 4) is 0 Å². The number of rotatable bonds is 4. The van der Waals surface area contributed by atoms with Crippen LogP contribution in [0.15, 0.2) is 12.2 Å². The van der Waals surface area contributed by atoms with Crippen LogP contribution in [0, 0.1) is 0 Å². The van der Waals surface area contributed by atoms with E-state index < -0.39 is 13.8 Å². The molecule has 3 N–H and O–H groups in total. The van der Waals surface area contributed by atoms with Crippen molar-refractivity contribution in [3.63, 3.8) is 0 Å². The summed E-state index contributed by atoms with van der Waals surface area (Å²) in [6, 6.07) is 0. The molecule has 7 nitrogen and oxygen atoms in total. The monoisotopic (exact) mass is 197 g/mol. The average molecular weight is 197 g/mol. The molecule has 0 spiro atoms. The van der Waals surface area contributed by atoms with Crippen LogP contribution in [0.3, 0.4) is 0 Å². The molecule has 0 amide bonds. The molecular weight excluding hydrogens is 189 g/mol. The van der Waals surface area contributed by atoms with E-state index >= 15 is 0 Å². The quantitative estimate of drug-likeness (QED) is 0.321. The molecule has 0 aliphatic rings. The van der Waals surface area contributed by atoms with Crippen LogP contribution in [0.4, 0.5) is 0 Å². The maximum absolute atomic E-state index is 10.5. The zero-order valence-corrected chi connectivity index (χ0v) is 7.08. The maximum atomic E-state index is 10.5. The van der Waals surface area contributed by atoms with Crippen molar-refractivity contribution in [1.29, 1.82) is 0 Å². The molecule has 0 aliphatic heterocycles. The summed E-state index contributed by atoms with van der Waals surface area (Å²) in [6.07, 6.45) is 0. The Kier molecular flexibility index (Phi) is 4.08. The van der Waals surface area contributed by atoms with Crippen molar-refractivity contribution < 1.29 is 28.6 Å². The SMILES string of the molecule is C=C(C)C(=O)ONOP(=O)(O)O. The van der Waals surface area contributed by atoms with E-state index in [0.717, 1.165) is 0 Å². The Balaban J connectivity index is 3.65. The standard InChI is InChI=1S/C4H8NO6P/c1-3(2)4(6)10-5-11-12(7,8)9/h5H,1H2,2H3,(H2,7,8,9). The van der Waals surface area contributed by atoms with E-state index in [1.54, 1.807) is 0 Å². The Morgan fingerprint density at radius 1 is 1.58 bits per heavy atom. The summed E-state index contributed by atoms with van der Waals surface area (Å²) in [5.74, 6) is -0.872. The van der Waals surface area contributed by atoms with Crippen molar-refractivity contribution in [2.45, 2.75) is 6.92 Å². The topological polar surface area (TPSA) is 105 Å². The summed E-state index contributed by atoms with van der Waals surface area (Å²) in [5.41, 5.74) is 1.40. The average Bonchev–Trinajstić information content (AvgIpc) is 1.84. The van der Waals surface area contributed by atoms with Gasteiger partial charge in [0, 0.05) is 5.57 Å². The predicted octanol–water partition coefficient (Wildman–Crippen LogP) is -0.365. The fourth-order valence-electron chi connectivity index (χ4n) is 0.192. The number of nitrogens with one attached hydrogen (secondary N) is 1. The van der Waals surface area contributed by atoms with E-state index in [9.17, 15) is 9.36 Å². The van der Waals surface area contributed by atoms with Crippen LogP contribution < -0.4 is 5.64 Å². The molecule has 0 heterocycles. The zero-order valence-electron chi connectivity index (χ0n) is 6.18. The summed E-state index contributed by atoms with van der Waals surface area (Å²) < 4.78 is 13.6. The highest BCUT2D eigenvalue weighted by molar-refractivity contribution is 7.46. The number of phosphoric acid groups is 1. The molecule has 12 heavy (non-hydrogen) atoms.